The van der Waals surface area contributed by atoms with Crippen molar-refractivity contribution in [2.75, 3.05) is 17.3 Å². The van der Waals surface area contributed by atoms with Gasteiger partial charge in [-0.05, 0) is 30.6 Å². The molecule has 1 rings (SSSR count). The Bertz CT molecular complexity index is 778. The maximum atomic E-state index is 12.1. The Morgan fingerprint density at radius 1 is 1.54 bits per heavy atom. The van der Waals surface area contributed by atoms with Crippen molar-refractivity contribution in [3.63, 3.8) is 0 Å². The van der Waals surface area contributed by atoms with Crippen LogP contribution in [-0.2, 0) is 9.59 Å². The van der Waals surface area contributed by atoms with E-state index in [1.165, 1.54) is 23.9 Å². The largest absolute Gasteiger partial charge is 0.480 e. The summed E-state index contributed by atoms with van der Waals surface area (Å²) in [4.78, 5) is 33.4. The van der Waals surface area contributed by atoms with Crippen LogP contribution in [0.2, 0.25) is 5.02 Å². The lowest BCUT2D eigenvalue weighted by Gasteiger charge is -2.12. The number of carbonyl (C=O) groups excluding carboxylic acids is 1. The number of amides is 1. The molecule has 1 unspecified atom stereocenters. The fourth-order valence-electron chi connectivity index (χ4n) is 1.78. The highest BCUT2D eigenvalue weighted by Gasteiger charge is 2.18. The zero-order valence-electron chi connectivity index (χ0n) is 13.6. The van der Waals surface area contributed by atoms with Crippen molar-refractivity contribution in [2.45, 2.75) is 12.5 Å². The molecule has 0 radical (unpaired) electrons. The highest BCUT2D eigenvalue weighted by Crippen LogP contribution is 2.27. The lowest BCUT2D eigenvalue weighted by Crippen LogP contribution is -2.34. The number of nitrogens with zero attached hydrogens (tertiary/aromatic N) is 2. The van der Waals surface area contributed by atoms with E-state index in [9.17, 15) is 19.7 Å². The summed E-state index contributed by atoms with van der Waals surface area (Å²) in [6.45, 7) is 0. The van der Waals surface area contributed by atoms with Gasteiger partial charge < -0.3 is 15.7 Å². The second-order valence-electron chi connectivity index (χ2n) is 4.89. The monoisotopic (exact) mass is 398 g/mol. The fourth-order valence-corrected chi connectivity index (χ4v) is 2.43. The Balaban J connectivity index is 2.89. The Hall–Kier alpha value is -2.77. The predicted molar refractivity (Wildman–Crippen MR) is 98.0 cm³/mol. The Labute approximate surface area is 158 Å². The maximum absolute atomic E-state index is 12.1. The first-order valence-electron chi connectivity index (χ1n) is 7.13. The average molecular weight is 399 g/mol. The van der Waals surface area contributed by atoms with Crippen LogP contribution in [0, 0.1) is 21.4 Å². The fraction of sp³-hybridized carbons (Fsp3) is 0.267. The molecule has 1 aromatic carbocycles. The van der Waals surface area contributed by atoms with Crippen molar-refractivity contribution in [3.8, 4) is 6.07 Å². The molecule has 0 fully saturated rings. The molecule has 1 amide bonds. The first-order valence-corrected chi connectivity index (χ1v) is 8.90. The summed E-state index contributed by atoms with van der Waals surface area (Å²) in [6.07, 6.45) is 3.14. The molecule has 3 N–H and O–H groups in total. The van der Waals surface area contributed by atoms with E-state index in [1.54, 1.807) is 6.07 Å². The molecule has 0 heterocycles. The van der Waals surface area contributed by atoms with E-state index < -0.39 is 28.5 Å². The van der Waals surface area contributed by atoms with E-state index in [1.807, 2.05) is 6.26 Å². The van der Waals surface area contributed by atoms with Crippen LogP contribution in [0.3, 0.4) is 0 Å². The Morgan fingerprint density at radius 2 is 2.23 bits per heavy atom. The number of hydrogen-bond acceptors (Lipinski definition) is 7. The number of rotatable bonds is 9. The summed E-state index contributed by atoms with van der Waals surface area (Å²) in [7, 11) is 0. The van der Waals surface area contributed by atoms with Gasteiger partial charge >= 0.3 is 5.97 Å². The van der Waals surface area contributed by atoms with Crippen molar-refractivity contribution in [2.24, 2.45) is 0 Å². The molecule has 26 heavy (non-hydrogen) atoms. The van der Waals surface area contributed by atoms with Gasteiger partial charge in [-0.3, -0.25) is 14.9 Å². The van der Waals surface area contributed by atoms with Crippen LogP contribution in [0.5, 0.6) is 0 Å². The first kappa shape index (κ1) is 21.3. The summed E-state index contributed by atoms with van der Waals surface area (Å²) in [5.41, 5.74) is -0.699. The highest BCUT2D eigenvalue weighted by atomic mass is 35.5. The van der Waals surface area contributed by atoms with Crippen LogP contribution >= 0.6 is 23.4 Å². The molecule has 0 bridgehead atoms. The number of thioether (sulfide) groups is 1. The van der Waals surface area contributed by atoms with Gasteiger partial charge in [-0.25, -0.2) is 4.79 Å². The number of nitro groups is 1. The number of nitro benzene ring substituents is 1. The molecule has 138 valence electrons. The number of aliphatic carboxylic acids is 1. The maximum Gasteiger partial charge on any atom is 0.326 e. The van der Waals surface area contributed by atoms with Crippen molar-refractivity contribution in [1.82, 2.24) is 5.32 Å². The summed E-state index contributed by atoms with van der Waals surface area (Å²) in [6, 6.07) is 4.34. The van der Waals surface area contributed by atoms with Crippen LogP contribution < -0.4 is 10.6 Å². The number of carbonyl (C=O) groups is 2. The second-order valence-corrected chi connectivity index (χ2v) is 6.28. The number of halogens is 1. The van der Waals surface area contributed by atoms with E-state index in [0.29, 0.717) is 12.2 Å². The molecule has 0 aliphatic heterocycles. The molecule has 1 aromatic rings. The molecule has 1 atom stereocenters. The zero-order valence-corrected chi connectivity index (χ0v) is 15.1. The van der Waals surface area contributed by atoms with E-state index in [-0.39, 0.29) is 16.3 Å². The molecular weight excluding hydrogens is 384 g/mol. The van der Waals surface area contributed by atoms with Crippen molar-refractivity contribution in [3.05, 3.63) is 45.1 Å². The van der Waals surface area contributed by atoms with Gasteiger partial charge in [0.05, 0.1) is 4.92 Å². The number of carboxylic acids is 1. The van der Waals surface area contributed by atoms with Crippen molar-refractivity contribution in [1.29, 1.82) is 5.26 Å². The number of carboxylic acid groups (broad SMARTS) is 1. The molecular formula is C15H15ClN4O5S. The van der Waals surface area contributed by atoms with Crippen LogP contribution in [0.15, 0.2) is 30.0 Å². The van der Waals surface area contributed by atoms with Gasteiger partial charge in [0, 0.05) is 18.0 Å². The number of nitriles is 1. The van der Waals surface area contributed by atoms with Gasteiger partial charge in [0.2, 0.25) is 0 Å². The molecule has 0 aromatic heterocycles. The molecule has 0 aliphatic carbocycles. The second kappa shape index (κ2) is 10.3. The summed E-state index contributed by atoms with van der Waals surface area (Å²) in [5.74, 6) is -1.37. The molecule has 9 nitrogen and oxygen atoms in total. The molecule has 0 spiro atoms. The van der Waals surface area contributed by atoms with Crippen LogP contribution in [0.4, 0.5) is 11.4 Å². The first-order chi connectivity index (χ1) is 12.3. The minimum atomic E-state index is -1.11. The van der Waals surface area contributed by atoms with Gasteiger partial charge in [0.25, 0.3) is 11.6 Å². The predicted octanol–water partition coefficient (Wildman–Crippen LogP) is 2.39. The molecule has 0 aliphatic rings. The van der Waals surface area contributed by atoms with Crippen LogP contribution in [0.25, 0.3) is 0 Å². The number of hydrogen-bond donors (Lipinski definition) is 3. The van der Waals surface area contributed by atoms with Crippen molar-refractivity contribution >= 4 is 46.6 Å². The lowest BCUT2D eigenvalue weighted by molar-refractivity contribution is -0.384. The minimum Gasteiger partial charge on any atom is -0.480 e. The quantitative estimate of drug-likeness (QED) is 0.249. The number of nitrogens with one attached hydrogen (secondary N) is 2. The van der Waals surface area contributed by atoms with E-state index in [4.69, 9.17) is 22.0 Å². The SMILES string of the molecule is CSCCC(N/C=C(/C#N)C(=O)Nc1ccc(Cl)c([N+](=O)[O-])c1)C(=O)O. The summed E-state index contributed by atoms with van der Waals surface area (Å²) >= 11 is 7.15. The molecule has 11 heteroatoms. The van der Waals surface area contributed by atoms with E-state index in [2.05, 4.69) is 10.6 Å². The topological polar surface area (TPSA) is 145 Å². The number of anilines is 1. The Morgan fingerprint density at radius 3 is 2.77 bits per heavy atom. The van der Waals surface area contributed by atoms with Crippen LogP contribution in [-0.4, -0.2) is 40.0 Å². The van der Waals surface area contributed by atoms with Gasteiger partial charge in [0.1, 0.15) is 22.7 Å². The molecule has 0 saturated heterocycles. The smallest absolute Gasteiger partial charge is 0.326 e. The molecule has 0 saturated carbocycles. The standard InChI is InChI=1S/C15H15ClN4O5S/c1-26-5-4-12(15(22)23)18-8-9(7-17)14(21)19-10-2-3-11(16)13(6-10)20(24)25/h2-3,6,8,12,18H,4-5H2,1H3,(H,19,21)(H,22,23)/b9-8-. The van der Waals surface area contributed by atoms with Gasteiger partial charge in [-0.2, -0.15) is 17.0 Å². The van der Waals surface area contributed by atoms with E-state index >= 15 is 0 Å². The highest BCUT2D eigenvalue weighted by molar-refractivity contribution is 7.98. The van der Waals surface area contributed by atoms with Gasteiger partial charge in [0.15, 0.2) is 0 Å². The Kier molecular flexibility index (Phi) is 8.41. The van der Waals surface area contributed by atoms with Crippen molar-refractivity contribution < 1.29 is 19.6 Å². The van der Waals surface area contributed by atoms with Gasteiger partial charge in [-0.1, -0.05) is 11.6 Å². The normalized spacial score (nSPS) is 12.0. The minimum absolute atomic E-state index is 0.0735. The zero-order chi connectivity index (χ0) is 19.7. The summed E-state index contributed by atoms with van der Waals surface area (Å²) in [5, 5.41) is 33.8. The van der Waals surface area contributed by atoms with E-state index in [0.717, 1.165) is 12.3 Å². The lowest BCUT2D eigenvalue weighted by atomic mass is 10.2. The third kappa shape index (κ3) is 6.27. The third-order valence-corrected chi connectivity index (χ3v) is 4.07. The average Bonchev–Trinajstić information content (AvgIpc) is 2.59. The summed E-state index contributed by atoms with van der Waals surface area (Å²) < 4.78 is 0. The third-order valence-electron chi connectivity index (χ3n) is 3.10. The number of benzene rings is 1. The van der Waals surface area contributed by atoms with Gasteiger partial charge in [-0.15, -0.1) is 0 Å². The van der Waals surface area contributed by atoms with Crippen LogP contribution in [0.1, 0.15) is 6.42 Å².